The number of carbonyl (C=O) groups excluding carboxylic acids is 2. The van der Waals surface area contributed by atoms with Crippen molar-refractivity contribution in [3.8, 4) is 0 Å². The van der Waals surface area contributed by atoms with Crippen LogP contribution in [0.5, 0.6) is 0 Å². The van der Waals surface area contributed by atoms with E-state index in [1.54, 1.807) is 19.1 Å². The van der Waals surface area contributed by atoms with Gasteiger partial charge in [-0.25, -0.2) is 8.42 Å². The minimum Gasteiger partial charge on any atom is -0.354 e. The molecule has 6 rings (SSSR count). The van der Waals surface area contributed by atoms with Crippen molar-refractivity contribution in [1.82, 2.24) is 10.2 Å². The summed E-state index contributed by atoms with van der Waals surface area (Å²) in [6.07, 6.45) is 10.7. The fraction of sp³-hybridized carbons (Fsp3) is 0.576. The normalized spacial score (nSPS) is 25.2. The van der Waals surface area contributed by atoms with E-state index >= 15 is 0 Å². The summed E-state index contributed by atoms with van der Waals surface area (Å²) in [5.41, 5.74) is 2.76. The van der Waals surface area contributed by atoms with E-state index in [-0.39, 0.29) is 17.9 Å². The van der Waals surface area contributed by atoms with Crippen LogP contribution >= 0.6 is 11.6 Å². The number of hydrogen-bond acceptors (Lipinski definition) is 4. The van der Waals surface area contributed by atoms with Crippen LogP contribution in [0.25, 0.3) is 0 Å². The van der Waals surface area contributed by atoms with Gasteiger partial charge in [0.2, 0.25) is 21.8 Å². The van der Waals surface area contributed by atoms with Crippen molar-refractivity contribution in [1.29, 1.82) is 0 Å². The Morgan fingerprint density at radius 2 is 1.55 bits per heavy atom. The third-order valence-corrected chi connectivity index (χ3v) is 11.1. The maximum atomic E-state index is 13.8. The quantitative estimate of drug-likeness (QED) is 0.302. The Hall–Kier alpha value is -2.58. The summed E-state index contributed by atoms with van der Waals surface area (Å²) >= 11 is 6.06. The zero-order valence-electron chi connectivity index (χ0n) is 25.0. The van der Waals surface area contributed by atoms with Gasteiger partial charge >= 0.3 is 0 Å². The van der Waals surface area contributed by atoms with E-state index in [1.165, 1.54) is 49.0 Å². The largest absolute Gasteiger partial charge is 0.354 e. The molecule has 2 aromatic rings. The lowest BCUT2D eigenvalue weighted by Crippen LogP contribution is -2.51. The van der Waals surface area contributed by atoms with Crippen LogP contribution < -0.4 is 9.62 Å². The average Bonchev–Trinajstić information content (AvgIpc) is 2.94. The molecule has 0 saturated heterocycles. The highest BCUT2D eigenvalue weighted by Gasteiger charge is 2.51. The van der Waals surface area contributed by atoms with Gasteiger partial charge in [0, 0.05) is 18.1 Å². The SMILES string of the molecule is CCCCNC(=O)[C@@H](C)N(Cc1ccc(Cl)cc1)C(=O)CN(c1ccc(C23CC4CC(CC(C4)C2)C3)cc1)S(C)(=O)=O. The Bertz CT molecular complexity index is 1340. The van der Waals surface area contributed by atoms with Crippen LogP contribution in [0.15, 0.2) is 48.5 Å². The summed E-state index contributed by atoms with van der Waals surface area (Å²) in [7, 11) is -3.78. The Labute approximate surface area is 256 Å². The van der Waals surface area contributed by atoms with Crippen LogP contribution in [0.2, 0.25) is 5.02 Å². The van der Waals surface area contributed by atoms with Crippen molar-refractivity contribution in [2.24, 2.45) is 17.8 Å². The van der Waals surface area contributed by atoms with Gasteiger partial charge in [-0.15, -0.1) is 0 Å². The second-order valence-corrected chi connectivity index (χ2v) is 15.3. The van der Waals surface area contributed by atoms with E-state index < -0.39 is 28.5 Å². The van der Waals surface area contributed by atoms with Crippen LogP contribution in [0, 0.1) is 17.8 Å². The van der Waals surface area contributed by atoms with Crippen molar-refractivity contribution in [3.63, 3.8) is 0 Å². The van der Waals surface area contributed by atoms with Gasteiger partial charge in [-0.05, 0) is 110 Å². The Kier molecular flexibility index (Phi) is 9.24. The number of halogens is 1. The molecule has 228 valence electrons. The molecule has 1 N–H and O–H groups in total. The second kappa shape index (κ2) is 12.6. The van der Waals surface area contributed by atoms with Gasteiger partial charge in [-0.1, -0.05) is 49.2 Å². The lowest BCUT2D eigenvalue weighted by Gasteiger charge is -2.57. The molecule has 0 heterocycles. The molecule has 0 spiro atoms. The lowest BCUT2D eigenvalue weighted by atomic mass is 9.48. The molecular formula is C33H44ClN3O4S. The number of hydrogen-bond donors (Lipinski definition) is 1. The molecule has 0 aromatic heterocycles. The first-order valence-corrected chi connectivity index (χ1v) is 17.6. The van der Waals surface area contributed by atoms with E-state index in [4.69, 9.17) is 11.6 Å². The van der Waals surface area contributed by atoms with E-state index in [0.717, 1.165) is 46.7 Å². The Balaban J connectivity index is 1.36. The first-order chi connectivity index (χ1) is 20.0. The third kappa shape index (κ3) is 6.80. The van der Waals surface area contributed by atoms with Gasteiger partial charge in [0.05, 0.1) is 11.9 Å². The summed E-state index contributed by atoms with van der Waals surface area (Å²) < 4.78 is 27.2. The summed E-state index contributed by atoms with van der Waals surface area (Å²) in [6, 6.07) is 14.2. The van der Waals surface area contributed by atoms with E-state index in [0.29, 0.717) is 17.3 Å². The molecule has 7 nitrogen and oxygen atoms in total. The molecule has 0 aliphatic heterocycles. The summed E-state index contributed by atoms with van der Waals surface area (Å²) in [4.78, 5) is 28.3. The number of benzene rings is 2. The van der Waals surface area contributed by atoms with E-state index in [1.807, 2.05) is 31.2 Å². The summed E-state index contributed by atoms with van der Waals surface area (Å²) in [6.45, 7) is 4.01. The van der Waals surface area contributed by atoms with Crippen LogP contribution in [0.1, 0.15) is 76.3 Å². The number of rotatable bonds is 12. The van der Waals surface area contributed by atoms with Crippen molar-refractivity contribution >= 4 is 39.1 Å². The summed E-state index contributed by atoms with van der Waals surface area (Å²) in [5.74, 6) is 1.73. The highest BCUT2D eigenvalue weighted by Crippen LogP contribution is 2.60. The van der Waals surface area contributed by atoms with Crippen molar-refractivity contribution < 1.29 is 18.0 Å². The molecule has 2 amide bonds. The molecule has 42 heavy (non-hydrogen) atoms. The highest BCUT2D eigenvalue weighted by molar-refractivity contribution is 7.92. The average molecular weight is 614 g/mol. The molecule has 4 aliphatic rings. The second-order valence-electron chi connectivity index (χ2n) is 13.0. The number of anilines is 1. The van der Waals surface area contributed by atoms with Crippen LogP contribution in [-0.2, 0) is 31.6 Å². The van der Waals surface area contributed by atoms with E-state index in [2.05, 4.69) is 17.4 Å². The first-order valence-electron chi connectivity index (χ1n) is 15.4. The molecular weight excluding hydrogens is 570 g/mol. The third-order valence-electron chi connectivity index (χ3n) is 9.75. The topological polar surface area (TPSA) is 86.8 Å². The molecule has 9 heteroatoms. The zero-order valence-corrected chi connectivity index (χ0v) is 26.6. The molecule has 4 fully saturated rings. The number of nitrogens with zero attached hydrogens (tertiary/aromatic N) is 2. The Morgan fingerprint density at radius 3 is 2.07 bits per heavy atom. The molecule has 4 aliphatic carbocycles. The molecule has 4 saturated carbocycles. The van der Waals surface area contributed by atoms with Gasteiger partial charge in [-0.2, -0.15) is 0 Å². The van der Waals surface area contributed by atoms with Gasteiger partial charge < -0.3 is 10.2 Å². The maximum Gasteiger partial charge on any atom is 0.244 e. The molecule has 1 atom stereocenters. The van der Waals surface area contributed by atoms with Gasteiger partial charge in [0.1, 0.15) is 12.6 Å². The fourth-order valence-electron chi connectivity index (χ4n) is 7.96. The lowest BCUT2D eigenvalue weighted by molar-refractivity contribution is -0.139. The van der Waals surface area contributed by atoms with Gasteiger partial charge in [-0.3, -0.25) is 13.9 Å². The number of carbonyl (C=O) groups is 2. The fourth-order valence-corrected chi connectivity index (χ4v) is 8.94. The van der Waals surface area contributed by atoms with Crippen LogP contribution in [0.4, 0.5) is 5.69 Å². The molecule has 2 aromatic carbocycles. The molecule has 0 radical (unpaired) electrons. The monoisotopic (exact) mass is 613 g/mol. The van der Waals surface area contributed by atoms with Crippen LogP contribution in [0.3, 0.4) is 0 Å². The molecule has 4 bridgehead atoms. The highest BCUT2D eigenvalue weighted by atomic mass is 35.5. The maximum absolute atomic E-state index is 13.8. The van der Waals surface area contributed by atoms with Crippen molar-refractivity contribution in [3.05, 3.63) is 64.7 Å². The molecule has 0 unspecified atom stereocenters. The Morgan fingerprint density at radius 1 is 0.976 bits per heavy atom. The summed E-state index contributed by atoms with van der Waals surface area (Å²) in [5, 5.41) is 3.47. The van der Waals surface area contributed by atoms with Crippen molar-refractivity contribution in [2.45, 2.75) is 83.2 Å². The number of amides is 2. The predicted molar refractivity (Wildman–Crippen MR) is 168 cm³/mol. The smallest absolute Gasteiger partial charge is 0.244 e. The first kappa shape index (κ1) is 30.9. The number of sulfonamides is 1. The number of nitrogens with one attached hydrogen (secondary N) is 1. The predicted octanol–water partition coefficient (Wildman–Crippen LogP) is 5.91. The van der Waals surface area contributed by atoms with E-state index in [9.17, 15) is 18.0 Å². The van der Waals surface area contributed by atoms with Gasteiger partial charge in [0.25, 0.3) is 0 Å². The standard InChI is InChI=1S/C33H44ClN3O4S/c1-4-5-14-35-32(39)23(2)36(21-24-6-10-29(34)11-7-24)31(38)22-37(42(3,40)41)30-12-8-28(9-13-30)33-18-25-15-26(19-33)17-27(16-25)20-33/h6-13,23,25-27H,4-5,14-22H2,1-3H3,(H,35,39)/t23-,25?,26?,27?,33?/m1/s1. The van der Waals surface area contributed by atoms with Crippen molar-refractivity contribution in [2.75, 3.05) is 23.7 Å². The minimum atomic E-state index is -3.78. The zero-order chi connectivity index (χ0) is 30.1. The van der Waals surface area contributed by atoms with Gasteiger partial charge in [0.15, 0.2) is 0 Å². The minimum absolute atomic E-state index is 0.154. The number of unbranched alkanes of at least 4 members (excludes halogenated alkanes) is 1. The van der Waals surface area contributed by atoms with Crippen LogP contribution in [-0.4, -0.2) is 50.5 Å².